The number of hydrogen-bond acceptors (Lipinski definition) is 0. The second kappa shape index (κ2) is 16.0. The molecule has 2 aliphatic rings. The summed E-state index contributed by atoms with van der Waals surface area (Å²) in [5.74, 6) is 0. The highest BCUT2D eigenvalue weighted by molar-refractivity contribution is 7.00. The molecule has 0 aliphatic carbocycles. The number of nitrogens with zero attached hydrogens (tertiary/aromatic N) is 2. The Hall–Kier alpha value is -11.0. The van der Waals surface area contributed by atoms with Crippen LogP contribution in [0.3, 0.4) is 0 Å². The van der Waals surface area contributed by atoms with Crippen molar-refractivity contribution in [3.05, 3.63) is 273 Å². The van der Waals surface area contributed by atoms with Crippen LogP contribution >= 0.6 is 0 Å². The van der Waals surface area contributed by atoms with Gasteiger partial charge in [0.25, 0.3) is 6.71 Å². The smallest absolute Gasteiger partial charge is 0.252 e. The Labute approximate surface area is 487 Å². The van der Waals surface area contributed by atoms with E-state index >= 15 is 0 Å². The van der Waals surface area contributed by atoms with E-state index in [1.165, 1.54) is 201 Å². The molecule has 386 valence electrons. The predicted molar refractivity (Wildman–Crippen MR) is 366 cm³/mol. The van der Waals surface area contributed by atoms with Gasteiger partial charge in [-0.3, -0.25) is 0 Å². The Kier molecular flexibility index (Phi) is 8.38. The average Bonchev–Trinajstić information content (AvgIpc) is 1.61. The van der Waals surface area contributed by atoms with E-state index in [0.717, 1.165) is 0 Å². The molecule has 0 spiro atoms. The molecule has 0 N–H and O–H groups in total. The van der Waals surface area contributed by atoms with Crippen LogP contribution in [0.15, 0.2) is 273 Å². The van der Waals surface area contributed by atoms with Crippen molar-refractivity contribution in [3.63, 3.8) is 0 Å². The lowest BCUT2D eigenvalue weighted by molar-refractivity contribution is 1.15. The highest BCUT2D eigenvalue weighted by atomic mass is 15.0. The third-order valence-corrected chi connectivity index (χ3v) is 20.1. The molecule has 0 bridgehead atoms. The zero-order chi connectivity index (χ0) is 54.9. The number of rotatable bonds is 2. The first kappa shape index (κ1) is 44.6. The van der Waals surface area contributed by atoms with Gasteiger partial charge in [-0.1, -0.05) is 231 Å². The lowest BCUT2D eigenvalue weighted by Gasteiger charge is -2.34. The largest absolute Gasteiger partial charge is 0.310 e. The molecule has 21 rings (SSSR count). The van der Waals surface area contributed by atoms with Crippen LogP contribution in [0.25, 0.3) is 185 Å². The summed E-state index contributed by atoms with van der Waals surface area (Å²) in [6, 6.07) is 104. The molecule has 0 radical (unpaired) electrons. The highest BCUT2D eigenvalue weighted by Gasteiger charge is 2.42. The minimum atomic E-state index is -0.112. The Morgan fingerprint density at radius 2 is 0.659 bits per heavy atom. The maximum absolute atomic E-state index is 2.71. The van der Waals surface area contributed by atoms with Crippen molar-refractivity contribution in [2.75, 3.05) is 0 Å². The SMILES string of the molecule is c1cc2c3c(c1)-n1c4c(cc(-c5cc6ccccc6c6ccccc56)cc4c4ccc5c6ccccc6c6ccccc6c5c41)B3c1cc3c4ccccc4c4ccccc4c3c3c4cc(-c5cc6ccccc6c6ccccc56)ccc4n-2c13. The van der Waals surface area contributed by atoms with Gasteiger partial charge in [0.15, 0.2) is 0 Å². The Balaban J connectivity index is 0.974. The standard InChI is InChI=1S/C82H45BN2/c1-3-20-50-46(18-1)40-66(59-29-10-5-22-52(50)59)48-36-39-73-70(42-48)78-76-62-32-15-13-26-56(62)55-25-8-12-31-61(55)68(76)45-72-82(78)84(73)74-34-17-35-75-79(74)83(72)71-44-49(67-41-47-19-2-4-21-51(47)53-23-6-11-30-60(53)67)43-69-65-38-37-64-58-28-9-7-24-54(58)57-27-14-16-33-63(57)77(64)81(65)85(75)80(69)71/h1-45H. The molecule has 17 aromatic carbocycles. The predicted octanol–water partition coefficient (Wildman–Crippen LogP) is 19.9. The zero-order valence-corrected chi connectivity index (χ0v) is 46.0. The number of aromatic nitrogens is 2. The third kappa shape index (κ3) is 5.57. The maximum atomic E-state index is 2.71. The van der Waals surface area contributed by atoms with Gasteiger partial charge in [-0.25, -0.2) is 0 Å². The minimum Gasteiger partial charge on any atom is -0.310 e. The Bertz CT molecular complexity index is 6320. The molecule has 4 heterocycles. The van der Waals surface area contributed by atoms with E-state index in [9.17, 15) is 0 Å². The van der Waals surface area contributed by atoms with E-state index in [2.05, 4.69) is 282 Å². The summed E-state index contributed by atoms with van der Waals surface area (Å²) >= 11 is 0. The molecule has 3 heteroatoms. The lowest BCUT2D eigenvalue weighted by Crippen LogP contribution is -2.59. The van der Waals surface area contributed by atoms with Gasteiger partial charge in [-0.2, -0.15) is 0 Å². The second-order valence-electron chi connectivity index (χ2n) is 24.1. The van der Waals surface area contributed by atoms with E-state index < -0.39 is 0 Å². The van der Waals surface area contributed by atoms with Gasteiger partial charge in [-0.15, -0.1) is 0 Å². The number of fused-ring (bicyclic) bond motifs is 30. The van der Waals surface area contributed by atoms with Crippen molar-refractivity contribution >= 4 is 174 Å². The summed E-state index contributed by atoms with van der Waals surface area (Å²) in [4.78, 5) is 0. The molecule has 0 unspecified atom stereocenters. The van der Waals surface area contributed by atoms with E-state index in [1.807, 2.05) is 0 Å². The Morgan fingerprint density at radius 3 is 1.26 bits per heavy atom. The molecule has 2 aromatic heterocycles. The van der Waals surface area contributed by atoms with E-state index in [4.69, 9.17) is 0 Å². The number of benzene rings is 17. The van der Waals surface area contributed by atoms with Crippen LogP contribution in [-0.4, -0.2) is 15.8 Å². The van der Waals surface area contributed by atoms with Crippen molar-refractivity contribution in [2.45, 2.75) is 0 Å². The molecule has 0 fully saturated rings. The summed E-state index contributed by atoms with van der Waals surface area (Å²) in [5, 5.41) is 30.7. The van der Waals surface area contributed by atoms with Crippen LogP contribution in [0.2, 0.25) is 0 Å². The molecule has 0 amide bonds. The van der Waals surface area contributed by atoms with E-state index in [-0.39, 0.29) is 6.71 Å². The van der Waals surface area contributed by atoms with Crippen molar-refractivity contribution in [3.8, 4) is 33.6 Å². The van der Waals surface area contributed by atoms with Gasteiger partial charge in [-0.05, 0) is 178 Å². The third-order valence-electron chi connectivity index (χ3n) is 20.1. The van der Waals surface area contributed by atoms with Crippen LogP contribution < -0.4 is 16.4 Å². The molecule has 19 aromatic rings. The van der Waals surface area contributed by atoms with Crippen molar-refractivity contribution < 1.29 is 0 Å². The fourth-order valence-corrected chi connectivity index (χ4v) is 16.8. The fraction of sp³-hybridized carbons (Fsp3) is 0. The monoisotopic (exact) mass is 1070 g/mol. The van der Waals surface area contributed by atoms with Gasteiger partial charge in [0.2, 0.25) is 0 Å². The first-order chi connectivity index (χ1) is 42.2. The van der Waals surface area contributed by atoms with Crippen LogP contribution in [0.5, 0.6) is 0 Å². The number of hydrogen-bond donors (Lipinski definition) is 0. The van der Waals surface area contributed by atoms with Crippen LogP contribution in [0, 0.1) is 0 Å². The molecular formula is C82H45BN2. The molecule has 85 heavy (non-hydrogen) atoms. The highest BCUT2D eigenvalue weighted by Crippen LogP contribution is 2.50. The first-order valence-electron chi connectivity index (χ1n) is 29.9. The topological polar surface area (TPSA) is 9.86 Å². The summed E-state index contributed by atoms with van der Waals surface area (Å²) in [6.07, 6.45) is 0. The first-order valence-corrected chi connectivity index (χ1v) is 29.9. The molecular weight excluding hydrogens is 1020 g/mol. The van der Waals surface area contributed by atoms with Crippen LogP contribution in [0.4, 0.5) is 0 Å². The van der Waals surface area contributed by atoms with Crippen molar-refractivity contribution in [1.29, 1.82) is 0 Å². The maximum Gasteiger partial charge on any atom is 0.252 e. The second-order valence-corrected chi connectivity index (χ2v) is 24.1. The fourth-order valence-electron chi connectivity index (χ4n) is 16.8. The summed E-state index contributed by atoms with van der Waals surface area (Å²) in [5.41, 5.74) is 16.5. The van der Waals surface area contributed by atoms with Gasteiger partial charge < -0.3 is 9.13 Å². The zero-order valence-electron chi connectivity index (χ0n) is 46.0. The summed E-state index contributed by atoms with van der Waals surface area (Å²) < 4.78 is 5.39. The molecule has 2 nitrogen and oxygen atoms in total. The van der Waals surface area contributed by atoms with E-state index in [0.29, 0.717) is 0 Å². The minimum absolute atomic E-state index is 0.112. The normalized spacial score (nSPS) is 12.9. The molecule has 0 saturated carbocycles. The van der Waals surface area contributed by atoms with Gasteiger partial charge in [0, 0.05) is 49.2 Å². The van der Waals surface area contributed by atoms with Gasteiger partial charge in [0.05, 0.1) is 16.6 Å². The molecule has 2 aliphatic heterocycles. The van der Waals surface area contributed by atoms with Crippen molar-refractivity contribution in [2.24, 2.45) is 0 Å². The Morgan fingerprint density at radius 1 is 0.224 bits per heavy atom. The molecule has 0 saturated heterocycles. The van der Waals surface area contributed by atoms with Gasteiger partial charge >= 0.3 is 0 Å². The van der Waals surface area contributed by atoms with Crippen molar-refractivity contribution in [1.82, 2.24) is 9.13 Å². The van der Waals surface area contributed by atoms with Crippen LogP contribution in [-0.2, 0) is 0 Å². The lowest BCUT2D eigenvalue weighted by atomic mass is 9.34. The summed E-state index contributed by atoms with van der Waals surface area (Å²) in [7, 11) is 0. The van der Waals surface area contributed by atoms with Crippen LogP contribution in [0.1, 0.15) is 0 Å². The average molecular weight is 1070 g/mol. The summed E-state index contributed by atoms with van der Waals surface area (Å²) in [6.45, 7) is -0.112. The van der Waals surface area contributed by atoms with Gasteiger partial charge in [0.1, 0.15) is 0 Å². The molecule has 0 atom stereocenters. The van der Waals surface area contributed by atoms with E-state index in [1.54, 1.807) is 0 Å². The quantitative estimate of drug-likeness (QED) is 0.121.